The number of hydrogen-bond donors (Lipinski definition) is 1. The summed E-state index contributed by atoms with van der Waals surface area (Å²) in [5.41, 5.74) is 2.38. The van der Waals surface area contributed by atoms with Crippen molar-refractivity contribution in [2.45, 2.75) is 25.2 Å². The number of benzene rings is 1. The van der Waals surface area contributed by atoms with E-state index in [1.807, 2.05) is 13.8 Å². The zero-order chi connectivity index (χ0) is 16.8. The van der Waals surface area contributed by atoms with Crippen molar-refractivity contribution in [1.82, 2.24) is 9.71 Å². The largest absolute Gasteiger partial charge is 0.307 e. The lowest BCUT2D eigenvalue weighted by Gasteiger charge is -2.17. The first kappa shape index (κ1) is 16.1. The van der Waals surface area contributed by atoms with Crippen LogP contribution in [0, 0.1) is 13.8 Å². The number of carbonyl (C=O) groups excluding carboxylic acids is 1. The molecule has 8 heteroatoms. The average molecular weight is 351 g/mol. The standard InChI is InChI=1S/C15H17N3O3S2/c1-9-14(22-10(2)17-9)15(19)18-7-6-11-8-12(4-5-13(11)18)23(20,21)16-3/h4-5,8,16H,6-7H2,1-3H3. The molecule has 2 aromatic rings. The van der Waals surface area contributed by atoms with Gasteiger partial charge in [0.05, 0.1) is 15.6 Å². The minimum absolute atomic E-state index is 0.0731. The predicted octanol–water partition coefficient (Wildman–Crippen LogP) is 1.87. The number of anilines is 1. The molecule has 0 bridgehead atoms. The first-order valence-corrected chi connectivity index (χ1v) is 9.46. The van der Waals surface area contributed by atoms with Crippen molar-refractivity contribution in [3.63, 3.8) is 0 Å². The summed E-state index contributed by atoms with van der Waals surface area (Å²) in [6, 6.07) is 4.87. The van der Waals surface area contributed by atoms with E-state index in [2.05, 4.69) is 9.71 Å². The molecule has 6 nitrogen and oxygen atoms in total. The van der Waals surface area contributed by atoms with Gasteiger partial charge in [-0.3, -0.25) is 4.79 Å². The molecule has 0 saturated heterocycles. The number of carbonyl (C=O) groups is 1. The Labute approximate surface area is 139 Å². The summed E-state index contributed by atoms with van der Waals surface area (Å²) in [7, 11) is -2.09. The van der Waals surface area contributed by atoms with E-state index in [4.69, 9.17) is 0 Å². The van der Waals surface area contributed by atoms with Gasteiger partial charge in [-0.25, -0.2) is 18.1 Å². The van der Waals surface area contributed by atoms with Crippen LogP contribution in [0.4, 0.5) is 5.69 Å². The Bertz CT molecular complexity index is 887. The lowest BCUT2D eigenvalue weighted by molar-refractivity contribution is 0.0992. The van der Waals surface area contributed by atoms with Crippen LogP contribution in [0.1, 0.15) is 25.9 Å². The summed E-state index contributed by atoms with van der Waals surface area (Å²) in [4.78, 5) is 19.6. The summed E-state index contributed by atoms with van der Waals surface area (Å²) < 4.78 is 26.1. The first-order valence-electron chi connectivity index (χ1n) is 7.16. The Morgan fingerprint density at radius 1 is 1.35 bits per heavy atom. The zero-order valence-electron chi connectivity index (χ0n) is 13.1. The van der Waals surface area contributed by atoms with Gasteiger partial charge in [0, 0.05) is 12.2 Å². The summed E-state index contributed by atoms with van der Waals surface area (Å²) in [6.07, 6.45) is 0.644. The molecule has 2 heterocycles. The van der Waals surface area contributed by atoms with Crippen molar-refractivity contribution in [1.29, 1.82) is 0 Å². The number of aromatic nitrogens is 1. The van der Waals surface area contributed by atoms with Gasteiger partial charge in [0.1, 0.15) is 4.88 Å². The first-order chi connectivity index (χ1) is 10.8. The Balaban J connectivity index is 1.97. The van der Waals surface area contributed by atoms with E-state index in [0.717, 1.165) is 22.0 Å². The Morgan fingerprint density at radius 2 is 2.09 bits per heavy atom. The van der Waals surface area contributed by atoms with Crippen molar-refractivity contribution in [2.24, 2.45) is 0 Å². The highest BCUT2D eigenvalue weighted by molar-refractivity contribution is 7.89. The highest BCUT2D eigenvalue weighted by Crippen LogP contribution is 2.32. The number of sulfonamides is 1. The molecule has 3 rings (SSSR count). The van der Waals surface area contributed by atoms with Crippen molar-refractivity contribution < 1.29 is 13.2 Å². The molecule has 1 aromatic heterocycles. The fourth-order valence-corrected chi connectivity index (χ4v) is 4.38. The van der Waals surface area contributed by atoms with Gasteiger partial charge in [-0.15, -0.1) is 11.3 Å². The highest BCUT2D eigenvalue weighted by atomic mass is 32.2. The molecule has 1 aromatic carbocycles. The molecule has 122 valence electrons. The van der Waals surface area contributed by atoms with Crippen LogP contribution in [0.5, 0.6) is 0 Å². The van der Waals surface area contributed by atoms with Crippen LogP contribution in [0.3, 0.4) is 0 Å². The Morgan fingerprint density at radius 3 is 2.70 bits per heavy atom. The minimum Gasteiger partial charge on any atom is -0.307 e. The van der Waals surface area contributed by atoms with Crippen LogP contribution in [-0.2, 0) is 16.4 Å². The monoisotopic (exact) mass is 351 g/mol. The summed E-state index contributed by atoms with van der Waals surface area (Å²) >= 11 is 1.39. The predicted molar refractivity (Wildman–Crippen MR) is 89.7 cm³/mol. The molecule has 1 amide bonds. The number of amides is 1. The fraction of sp³-hybridized carbons (Fsp3) is 0.333. The normalized spacial score (nSPS) is 14.1. The second-order valence-electron chi connectivity index (χ2n) is 5.35. The maximum Gasteiger partial charge on any atom is 0.270 e. The number of nitrogens with zero attached hydrogens (tertiary/aromatic N) is 2. The van der Waals surface area contributed by atoms with E-state index in [1.54, 1.807) is 17.0 Å². The Hall–Kier alpha value is -1.77. The molecule has 1 aliphatic rings. The number of thiazole rings is 1. The second-order valence-corrected chi connectivity index (χ2v) is 8.44. The maximum absolute atomic E-state index is 12.7. The molecule has 0 unspecified atom stereocenters. The second kappa shape index (κ2) is 5.70. The third-order valence-corrected chi connectivity index (χ3v) is 6.34. The maximum atomic E-state index is 12.7. The van der Waals surface area contributed by atoms with E-state index >= 15 is 0 Å². The van der Waals surface area contributed by atoms with E-state index in [9.17, 15) is 13.2 Å². The van der Waals surface area contributed by atoms with Crippen LogP contribution in [0.15, 0.2) is 23.1 Å². The van der Waals surface area contributed by atoms with Gasteiger partial charge in [0.15, 0.2) is 0 Å². The van der Waals surface area contributed by atoms with Crippen molar-refractivity contribution >= 4 is 33.0 Å². The molecular weight excluding hydrogens is 334 g/mol. The van der Waals surface area contributed by atoms with E-state index in [0.29, 0.717) is 17.8 Å². The number of hydrogen-bond acceptors (Lipinski definition) is 5. The fourth-order valence-electron chi connectivity index (χ4n) is 2.73. The quantitative estimate of drug-likeness (QED) is 0.915. The molecule has 23 heavy (non-hydrogen) atoms. The van der Waals surface area contributed by atoms with Gasteiger partial charge in [0.25, 0.3) is 5.91 Å². The molecule has 0 radical (unpaired) electrons. The third kappa shape index (κ3) is 2.77. The number of nitrogens with one attached hydrogen (secondary N) is 1. The molecule has 0 atom stereocenters. The van der Waals surface area contributed by atoms with E-state index in [-0.39, 0.29) is 10.8 Å². The van der Waals surface area contributed by atoms with Gasteiger partial charge in [-0.2, -0.15) is 0 Å². The molecular formula is C15H17N3O3S2. The Kier molecular flexibility index (Phi) is 3.99. The van der Waals surface area contributed by atoms with Gasteiger partial charge in [0.2, 0.25) is 10.0 Å². The van der Waals surface area contributed by atoms with Gasteiger partial charge in [-0.05, 0) is 51.1 Å². The van der Waals surface area contributed by atoms with E-state index < -0.39 is 10.0 Å². The molecule has 1 N–H and O–H groups in total. The van der Waals surface area contributed by atoms with E-state index in [1.165, 1.54) is 24.5 Å². The zero-order valence-corrected chi connectivity index (χ0v) is 14.7. The lowest BCUT2D eigenvalue weighted by atomic mass is 10.2. The summed E-state index contributed by atoms with van der Waals surface area (Å²) in [6.45, 7) is 4.26. The van der Waals surface area contributed by atoms with Crippen LogP contribution in [0.2, 0.25) is 0 Å². The van der Waals surface area contributed by atoms with Crippen molar-refractivity contribution in [2.75, 3.05) is 18.5 Å². The van der Waals surface area contributed by atoms with Crippen LogP contribution in [-0.4, -0.2) is 32.9 Å². The van der Waals surface area contributed by atoms with Crippen LogP contribution < -0.4 is 9.62 Å². The SMILES string of the molecule is CNS(=O)(=O)c1ccc2c(c1)CCN2C(=O)c1sc(C)nc1C. The average Bonchev–Trinajstić information content (AvgIpc) is 3.08. The smallest absolute Gasteiger partial charge is 0.270 e. The number of rotatable bonds is 3. The van der Waals surface area contributed by atoms with Crippen LogP contribution >= 0.6 is 11.3 Å². The van der Waals surface area contributed by atoms with Crippen LogP contribution in [0.25, 0.3) is 0 Å². The molecule has 1 aliphatic heterocycles. The minimum atomic E-state index is -3.47. The highest BCUT2D eigenvalue weighted by Gasteiger charge is 2.29. The number of fused-ring (bicyclic) bond motifs is 1. The molecule has 0 aliphatic carbocycles. The van der Waals surface area contributed by atoms with Gasteiger partial charge < -0.3 is 4.90 Å². The summed E-state index contributed by atoms with van der Waals surface area (Å²) in [5, 5.41) is 0.862. The lowest BCUT2D eigenvalue weighted by Crippen LogP contribution is -2.28. The van der Waals surface area contributed by atoms with Gasteiger partial charge >= 0.3 is 0 Å². The summed E-state index contributed by atoms with van der Waals surface area (Å²) in [5.74, 6) is -0.0731. The topological polar surface area (TPSA) is 79.4 Å². The van der Waals surface area contributed by atoms with Gasteiger partial charge in [-0.1, -0.05) is 0 Å². The molecule has 0 spiro atoms. The van der Waals surface area contributed by atoms with Crippen molar-refractivity contribution in [3.8, 4) is 0 Å². The molecule has 0 saturated carbocycles. The van der Waals surface area contributed by atoms with Crippen molar-refractivity contribution in [3.05, 3.63) is 39.3 Å². The number of aryl methyl sites for hydroxylation is 2. The molecule has 0 fully saturated rings. The third-order valence-electron chi connectivity index (χ3n) is 3.87.